The van der Waals surface area contributed by atoms with Crippen molar-refractivity contribution >= 4 is 0 Å². The molecule has 0 aliphatic heterocycles. The summed E-state index contributed by atoms with van der Waals surface area (Å²) >= 11 is 0. The summed E-state index contributed by atoms with van der Waals surface area (Å²) in [5.74, 6) is 13.0. The Morgan fingerprint density at radius 3 is 1.58 bits per heavy atom. The lowest BCUT2D eigenvalue weighted by Gasteiger charge is -2.22. The summed E-state index contributed by atoms with van der Waals surface area (Å²) in [6, 6.07) is 0. The van der Waals surface area contributed by atoms with E-state index in [2.05, 4.69) is 0 Å². The third-order valence-electron chi connectivity index (χ3n) is 6.80. The minimum Gasteiger partial charge on any atom is -0.0467 e. The van der Waals surface area contributed by atoms with Gasteiger partial charge in [0.2, 0.25) is 0 Å². The molecule has 0 bridgehead atoms. The van der Waals surface area contributed by atoms with Gasteiger partial charge in [-0.25, -0.2) is 0 Å². The van der Waals surface area contributed by atoms with Gasteiger partial charge in [-0.15, -0.1) is 0 Å². The molecule has 0 aromatic heterocycles. The highest BCUT2D eigenvalue weighted by atomic mass is 14.9. The van der Waals surface area contributed by atoms with Crippen LogP contribution in [0.15, 0.2) is 0 Å². The Morgan fingerprint density at radius 1 is 0.500 bits per heavy atom. The summed E-state index contributed by atoms with van der Waals surface area (Å²) in [4.78, 5) is 0. The highest BCUT2D eigenvalue weighted by Gasteiger charge is 2.87. The molecule has 6 aliphatic carbocycles. The molecule has 6 rings (SSSR count). The SMILES string of the molecule is C1C2CC3C4C5C1C5C1C2C1C34. The molecule has 0 N–H and O–H groups in total. The van der Waals surface area contributed by atoms with E-state index in [9.17, 15) is 0 Å². The standard InChI is InChI=1S/C12H14/c1-3-2-5-8-7-4(1)9(7)11-6(3)12(11)10(5)8/h3-12H,1-2H2. The molecule has 6 fully saturated rings. The lowest BCUT2D eigenvalue weighted by atomic mass is 9.83. The van der Waals surface area contributed by atoms with E-state index in [0.717, 1.165) is 0 Å². The van der Waals surface area contributed by atoms with Gasteiger partial charge in [-0.3, -0.25) is 0 Å². The van der Waals surface area contributed by atoms with E-state index in [1.165, 1.54) is 59.2 Å². The minimum absolute atomic E-state index is 1.25. The Morgan fingerprint density at radius 2 is 1.00 bits per heavy atom. The third kappa shape index (κ3) is 0.278. The first-order valence-electron chi connectivity index (χ1n) is 5.97. The fourth-order valence-electron chi connectivity index (χ4n) is 6.80. The summed E-state index contributed by atoms with van der Waals surface area (Å²) in [5, 5.41) is 0. The van der Waals surface area contributed by atoms with Crippen LogP contribution >= 0.6 is 0 Å². The van der Waals surface area contributed by atoms with Crippen molar-refractivity contribution in [2.45, 2.75) is 12.8 Å². The van der Waals surface area contributed by atoms with E-state index in [4.69, 9.17) is 0 Å². The number of rotatable bonds is 0. The fourth-order valence-corrected chi connectivity index (χ4v) is 6.80. The molecular weight excluding hydrogens is 144 g/mol. The average molecular weight is 158 g/mol. The Kier molecular flexibility index (Phi) is 0.450. The quantitative estimate of drug-likeness (QED) is 0.506. The second kappa shape index (κ2) is 1.07. The Balaban J connectivity index is 1.74. The molecule has 0 aromatic carbocycles. The summed E-state index contributed by atoms with van der Waals surface area (Å²) < 4.78 is 0. The zero-order chi connectivity index (χ0) is 7.19. The first-order chi connectivity index (χ1) is 5.97. The van der Waals surface area contributed by atoms with E-state index in [-0.39, 0.29) is 0 Å². The molecule has 62 valence electrons. The summed E-state index contributed by atoms with van der Waals surface area (Å²) in [5.41, 5.74) is 0. The van der Waals surface area contributed by atoms with Crippen LogP contribution < -0.4 is 0 Å². The van der Waals surface area contributed by atoms with Crippen LogP contribution in [0.25, 0.3) is 0 Å². The van der Waals surface area contributed by atoms with E-state index in [1.807, 2.05) is 0 Å². The van der Waals surface area contributed by atoms with E-state index < -0.39 is 0 Å². The molecule has 0 saturated heterocycles. The zero-order valence-corrected chi connectivity index (χ0v) is 7.19. The van der Waals surface area contributed by atoms with Crippen LogP contribution in [0.1, 0.15) is 12.8 Å². The number of fused-ring (bicyclic) bond motifs is 3. The van der Waals surface area contributed by atoms with Crippen LogP contribution in [0, 0.1) is 59.2 Å². The van der Waals surface area contributed by atoms with Crippen LogP contribution in [0.5, 0.6) is 0 Å². The molecule has 0 heteroatoms. The molecule has 0 amide bonds. The second-order valence-corrected chi connectivity index (χ2v) is 6.60. The van der Waals surface area contributed by atoms with Crippen molar-refractivity contribution in [1.29, 1.82) is 0 Å². The predicted molar refractivity (Wildman–Crippen MR) is 44.1 cm³/mol. The van der Waals surface area contributed by atoms with Gasteiger partial charge in [0.1, 0.15) is 0 Å². The first-order valence-corrected chi connectivity index (χ1v) is 5.97. The van der Waals surface area contributed by atoms with Crippen molar-refractivity contribution in [3.05, 3.63) is 0 Å². The smallest absolute Gasteiger partial charge is 0.0312 e. The lowest BCUT2D eigenvalue weighted by Crippen LogP contribution is -2.15. The number of hydrogen-bond donors (Lipinski definition) is 0. The summed E-state index contributed by atoms with van der Waals surface area (Å²) in [6.07, 6.45) is 3.37. The minimum atomic E-state index is 1.25. The maximum absolute atomic E-state index is 1.69. The highest BCUT2D eigenvalue weighted by molar-refractivity contribution is 5.34. The van der Waals surface area contributed by atoms with Crippen LogP contribution in [0.2, 0.25) is 0 Å². The fraction of sp³-hybridized carbons (Fsp3) is 1.00. The van der Waals surface area contributed by atoms with Crippen molar-refractivity contribution in [2.75, 3.05) is 0 Å². The van der Waals surface area contributed by atoms with Crippen LogP contribution in [0.3, 0.4) is 0 Å². The molecule has 0 heterocycles. The molecular formula is C12H14. The average Bonchev–Trinajstić information content (AvgIpc) is 2.74. The summed E-state index contributed by atoms with van der Waals surface area (Å²) in [7, 11) is 0. The van der Waals surface area contributed by atoms with Crippen molar-refractivity contribution < 1.29 is 0 Å². The molecule has 8 unspecified atom stereocenters. The molecule has 6 saturated carbocycles. The van der Waals surface area contributed by atoms with Gasteiger partial charge in [-0.05, 0) is 72.0 Å². The van der Waals surface area contributed by atoms with Gasteiger partial charge >= 0.3 is 0 Å². The van der Waals surface area contributed by atoms with Gasteiger partial charge in [0.25, 0.3) is 0 Å². The van der Waals surface area contributed by atoms with Gasteiger partial charge in [0.05, 0.1) is 0 Å². The van der Waals surface area contributed by atoms with Crippen molar-refractivity contribution in [1.82, 2.24) is 0 Å². The molecule has 0 spiro atoms. The van der Waals surface area contributed by atoms with Gasteiger partial charge in [0.15, 0.2) is 0 Å². The van der Waals surface area contributed by atoms with E-state index in [1.54, 1.807) is 12.8 Å². The van der Waals surface area contributed by atoms with E-state index in [0.29, 0.717) is 0 Å². The van der Waals surface area contributed by atoms with Crippen LogP contribution in [0.4, 0.5) is 0 Å². The first kappa shape index (κ1) is 5.02. The molecule has 0 radical (unpaired) electrons. The zero-order valence-electron chi connectivity index (χ0n) is 7.19. The van der Waals surface area contributed by atoms with Gasteiger partial charge in [-0.2, -0.15) is 0 Å². The molecule has 8 atom stereocenters. The third-order valence-corrected chi connectivity index (χ3v) is 6.80. The van der Waals surface area contributed by atoms with Gasteiger partial charge in [-0.1, -0.05) is 0 Å². The van der Waals surface area contributed by atoms with Gasteiger partial charge in [0, 0.05) is 0 Å². The van der Waals surface area contributed by atoms with E-state index >= 15 is 0 Å². The lowest BCUT2D eigenvalue weighted by molar-refractivity contribution is 0.268. The Hall–Kier alpha value is 0. The Bertz CT molecular complexity index is 269. The largest absolute Gasteiger partial charge is 0.0467 e. The number of hydrogen-bond acceptors (Lipinski definition) is 0. The monoisotopic (exact) mass is 158 g/mol. The molecule has 0 nitrogen and oxygen atoms in total. The van der Waals surface area contributed by atoms with Crippen LogP contribution in [-0.4, -0.2) is 0 Å². The van der Waals surface area contributed by atoms with Crippen molar-refractivity contribution in [2.24, 2.45) is 59.2 Å². The Labute approximate surface area is 72.7 Å². The molecule has 6 aliphatic rings. The maximum Gasteiger partial charge on any atom is -0.0312 e. The normalized spacial score (nSPS) is 94.0. The highest BCUT2D eigenvalue weighted by Crippen LogP contribution is 2.91. The summed E-state index contributed by atoms with van der Waals surface area (Å²) in [6.45, 7) is 0. The second-order valence-electron chi connectivity index (χ2n) is 6.60. The van der Waals surface area contributed by atoms with Crippen LogP contribution in [-0.2, 0) is 0 Å². The molecule has 0 aromatic rings. The van der Waals surface area contributed by atoms with Crippen molar-refractivity contribution in [3.63, 3.8) is 0 Å². The molecule has 12 heavy (non-hydrogen) atoms. The van der Waals surface area contributed by atoms with Gasteiger partial charge < -0.3 is 0 Å². The topological polar surface area (TPSA) is 0 Å². The predicted octanol–water partition coefficient (Wildman–Crippen LogP) is 2.01. The van der Waals surface area contributed by atoms with Crippen molar-refractivity contribution in [3.8, 4) is 0 Å². The maximum atomic E-state index is 1.69.